The van der Waals surface area contributed by atoms with E-state index in [1.165, 1.54) is 10.4 Å². The van der Waals surface area contributed by atoms with Crippen LogP contribution in [0, 0.1) is 11.3 Å². The third-order valence-electron chi connectivity index (χ3n) is 5.33. The van der Waals surface area contributed by atoms with Gasteiger partial charge in [-0.25, -0.2) is 0 Å². The summed E-state index contributed by atoms with van der Waals surface area (Å²) in [5.41, 5.74) is 1.37. The molecule has 23 heavy (non-hydrogen) atoms. The van der Waals surface area contributed by atoms with E-state index < -0.39 is 0 Å². The Labute approximate surface area is 141 Å². The van der Waals surface area contributed by atoms with Gasteiger partial charge in [0.2, 0.25) is 0 Å². The molecule has 2 unspecified atom stereocenters. The summed E-state index contributed by atoms with van der Waals surface area (Å²) >= 11 is 1.83. The second-order valence-corrected chi connectivity index (χ2v) is 8.02. The number of nitrogens with zero attached hydrogens (tertiary/aromatic N) is 3. The predicted molar refractivity (Wildman–Crippen MR) is 92.1 cm³/mol. The first-order valence-electron chi connectivity index (χ1n) is 8.24. The molecule has 4 nitrogen and oxygen atoms in total. The number of pyridine rings is 1. The van der Waals surface area contributed by atoms with Crippen molar-refractivity contribution in [3.63, 3.8) is 0 Å². The lowest BCUT2D eigenvalue weighted by molar-refractivity contribution is 0.110. The molecule has 0 radical (unpaired) electrons. The molecule has 4 rings (SSSR count). The molecule has 2 aromatic rings. The maximum Gasteiger partial charge on any atom is 0.0515 e. The molecule has 0 amide bonds. The molecule has 2 fully saturated rings. The van der Waals surface area contributed by atoms with E-state index in [0.717, 1.165) is 39.3 Å². The van der Waals surface area contributed by atoms with Gasteiger partial charge in [0.25, 0.3) is 0 Å². The number of aromatic nitrogens is 1. The molecule has 0 spiro atoms. The summed E-state index contributed by atoms with van der Waals surface area (Å²) in [6.07, 6.45) is 3.72. The van der Waals surface area contributed by atoms with E-state index in [-0.39, 0.29) is 5.41 Å². The highest BCUT2D eigenvalue weighted by molar-refractivity contribution is 7.09. The highest BCUT2D eigenvalue weighted by Gasteiger charge is 2.51. The standard InChI is InChI=1S/C18H23N3OS/c22-14-18-12-20(8-15-3-5-19-6-4-15)9-16(18)10-21(13-18)11-17-2-1-7-23-17/h1-7,16,22H,8-14H2. The fourth-order valence-electron chi connectivity index (χ4n) is 4.24. The van der Waals surface area contributed by atoms with Gasteiger partial charge in [-0.1, -0.05) is 6.07 Å². The third kappa shape index (κ3) is 3.06. The van der Waals surface area contributed by atoms with Crippen molar-refractivity contribution in [2.45, 2.75) is 13.1 Å². The fraction of sp³-hybridized carbons (Fsp3) is 0.500. The summed E-state index contributed by atoms with van der Waals surface area (Å²) in [5.74, 6) is 0.578. The Bertz CT molecular complexity index is 633. The number of likely N-dealkylation sites (tertiary alicyclic amines) is 2. The van der Waals surface area contributed by atoms with Crippen LogP contribution in [0.5, 0.6) is 0 Å². The average Bonchev–Trinajstić information content (AvgIpc) is 3.24. The molecule has 122 valence electrons. The van der Waals surface area contributed by atoms with Crippen molar-refractivity contribution in [2.24, 2.45) is 11.3 Å². The first kappa shape index (κ1) is 15.3. The van der Waals surface area contributed by atoms with E-state index >= 15 is 0 Å². The number of hydrogen-bond donors (Lipinski definition) is 1. The summed E-state index contributed by atoms with van der Waals surface area (Å²) in [4.78, 5) is 10.5. The zero-order valence-corrected chi connectivity index (χ0v) is 14.1. The van der Waals surface area contributed by atoms with Gasteiger partial charge in [-0.2, -0.15) is 0 Å². The summed E-state index contributed by atoms with van der Waals surface area (Å²) in [7, 11) is 0. The molecule has 0 aromatic carbocycles. The number of fused-ring (bicyclic) bond motifs is 1. The van der Waals surface area contributed by atoms with Gasteiger partial charge in [0, 0.05) is 62.0 Å². The molecule has 0 bridgehead atoms. The van der Waals surface area contributed by atoms with Crippen LogP contribution in [-0.2, 0) is 13.1 Å². The van der Waals surface area contributed by atoms with Gasteiger partial charge in [0.05, 0.1) is 6.61 Å². The lowest BCUT2D eigenvalue weighted by Gasteiger charge is -2.27. The van der Waals surface area contributed by atoms with Crippen molar-refractivity contribution in [1.29, 1.82) is 0 Å². The van der Waals surface area contributed by atoms with Crippen molar-refractivity contribution >= 4 is 11.3 Å². The zero-order valence-electron chi connectivity index (χ0n) is 13.3. The minimum Gasteiger partial charge on any atom is -0.396 e. The van der Waals surface area contributed by atoms with E-state index in [9.17, 15) is 5.11 Å². The Morgan fingerprint density at radius 1 is 1.13 bits per heavy atom. The zero-order chi connectivity index (χ0) is 15.7. The summed E-state index contributed by atoms with van der Waals surface area (Å²) in [5, 5.41) is 12.2. The lowest BCUT2D eigenvalue weighted by Crippen LogP contribution is -2.36. The predicted octanol–water partition coefficient (Wildman–Crippen LogP) is 2.07. The minimum absolute atomic E-state index is 0.0598. The van der Waals surface area contributed by atoms with Crippen LogP contribution in [0.1, 0.15) is 10.4 Å². The summed E-state index contributed by atoms with van der Waals surface area (Å²) in [6.45, 7) is 6.49. The van der Waals surface area contributed by atoms with E-state index in [0.29, 0.717) is 12.5 Å². The molecule has 1 N–H and O–H groups in total. The number of thiophene rings is 1. The SMILES string of the molecule is OCC12CN(Cc3ccncc3)CC1CN(Cc1cccs1)C2. The van der Waals surface area contributed by atoms with Gasteiger partial charge < -0.3 is 5.11 Å². The van der Waals surface area contributed by atoms with Crippen molar-refractivity contribution in [3.8, 4) is 0 Å². The Morgan fingerprint density at radius 3 is 2.48 bits per heavy atom. The van der Waals surface area contributed by atoms with Crippen LogP contribution in [0.15, 0.2) is 42.0 Å². The largest absolute Gasteiger partial charge is 0.396 e. The molecule has 5 heteroatoms. The molecule has 2 aliphatic heterocycles. The Kier molecular flexibility index (Phi) is 4.20. The van der Waals surface area contributed by atoms with Gasteiger partial charge in [-0.15, -0.1) is 11.3 Å². The highest BCUT2D eigenvalue weighted by atomic mass is 32.1. The fourth-order valence-corrected chi connectivity index (χ4v) is 4.98. The molecule has 0 aliphatic carbocycles. The molecular weight excluding hydrogens is 306 g/mol. The van der Waals surface area contributed by atoms with Crippen molar-refractivity contribution in [3.05, 3.63) is 52.5 Å². The van der Waals surface area contributed by atoms with Crippen LogP contribution in [0.3, 0.4) is 0 Å². The lowest BCUT2D eigenvalue weighted by atomic mass is 9.82. The molecule has 2 atom stereocenters. The van der Waals surface area contributed by atoms with E-state index in [2.05, 4.69) is 44.4 Å². The average molecular weight is 329 g/mol. The summed E-state index contributed by atoms with van der Waals surface area (Å²) in [6, 6.07) is 8.50. The normalized spacial score (nSPS) is 28.3. The minimum atomic E-state index is 0.0598. The molecule has 2 aliphatic rings. The van der Waals surface area contributed by atoms with Gasteiger partial charge in [-0.3, -0.25) is 14.8 Å². The van der Waals surface area contributed by atoms with Gasteiger partial charge >= 0.3 is 0 Å². The van der Waals surface area contributed by atoms with Crippen LogP contribution in [-0.4, -0.2) is 52.7 Å². The topological polar surface area (TPSA) is 39.6 Å². The van der Waals surface area contributed by atoms with Crippen molar-refractivity contribution < 1.29 is 5.11 Å². The van der Waals surface area contributed by atoms with E-state index in [1.54, 1.807) is 0 Å². The second kappa shape index (κ2) is 6.32. The van der Waals surface area contributed by atoms with Crippen LogP contribution in [0.2, 0.25) is 0 Å². The number of aliphatic hydroxyl groups excluding tert-OH is 1. The van der Waals surface area contributed by atoms with Crippen LogP contribution >= 0.6 is 11.3 Å². The number of aliphatic hydroxyl groups is 1. The quantitative estimate of drug-likeness (QED) is 0.912. The monoisotopic (exact) mass is 329 g/mol. The Balaban J connectivity index is 1.41. The second-order valence-electron chi connectivity index (χ2n) is 6.99. The maximum atomic E-state index is 10.1. The summed E-state index contributed by atoms with van der Waals surface area (Å²) < 4.78 is 0. The van der Waals surface area contributed by atoms with Crippen molar-refractivity contribution in [1.82, 2.24) is 14.8 Å². The molecule has 2 aromatic heterocycles. The van der Waals surface area contributed by atoms with E-state index in [4.69, 9.17) is 0 Å². The van der Waals surface area contributed by atoms with Crippen LogP contribution in [0.4, 0.5) is 0 Å². The maximum absolute atomic E-state index is 10.1. The first-order chi connectivity index (χ1) is 11.3. The highest BCUT2D eigenvalue weighted by Crippen LogP contribution is 2.43. The third-order valence-corrected chi connectivity index (χ3v) is 6.19. The molecule has 2 saturated heterocycles. The van der Waals surface area contributed by atoms with Gasteiger partial charge in [0.15, 0.2) is 0 Å². The Hall–Kier alpha value is -1.27. The molecule has 0 saturated carbocycles. The number of hydrogen-bond acceptors (Lipinski definition) is 5. The van der Waals surface area contributed by atoms with Gasteiger partial charge in [0.1, 0.15) is 0 Å². The first-order valence-corrected chi connectivity index (χ1v) is 9.12. The molecule has 4 heterocycles. The molecular formula is C18H23N3OS. The van der Waals surface area contributed by atoms with Gasteiger partial charge in [-0.05, 0) is 35.1 Å². The van der Waals surface area contributed by atoms with Crippen LogP contribution in [0.25, 0.3) is 0 Å². The smallest absolute Gasteiger partial charge is 0.0515 e. The van der Waals surface area contributed by atoms with E-state index in [1.807, 2.05) is 23.7 Å². The number of rotatable bonds is 5. The van der Waals surface area contributed by atoms with Crippen molar-refractivity contribution in [2.75, 3.05) is 32.8 Å². The Morgan fingerprint density at radius 2 is 1.87 bits per heavy atom. The van der Waals surface area contributed by atoms with Crippen LogP contribution < -0.4 is 0 Å².